The van der Waals surface area contributed by atoms with Crippen molar-refractivity contribution < 1.29 is 13.2 Å². The van der Waals surface area contributed by atoms with Crippen molar-refractivity contribution in [1.82, 2.24) is 9.97 Å². The molecule has 0 bridgehead atoms. The van der Waals surface area contributed by atoms with Crippen molar-refractivity contribution >= 4 is 10.9 Å². The van der Waals surface area contributed by atoms with Gasteiger partial charge in [0.2, 0.25) is 0 Å². The van der Waals surface area contributed by atoms with Crippen LogP contribution in [0.2, 0.25) is 0 Å². The molecule has 0 aliphatic rings. The minimum Gasteiger partial charge on any atom is -0.325 e. The van der Waals surface area contributed by atoms with E-state index in [0.29, 0.717) is 11.1 Å². The van der Waals surface area contributed by atoms with Crippen molar-refractivity contribution in [3.05, 3.63) is 35.8 Å². The van der Waals surface area contributed by atoms with Crippen molar-refractivity contribution in [2.75, 3.05) is 0 Å². The van der Waals surface area contributed by atoms with Crippen LogP contribution in [-0.4, -0.2) is 9.97 Å². The normalized spacial score (nSPS) is 12.0. The fraction of sp³-hybridized carbons (Fsp3) is 0.200. The fourth-order valence-electron chi connectivity index (χ4n) is 1.53. The zero-order valence-corrected chi connectivity index (χ0v) is 8.12. The Morgan fingerprint density at radius 2 is 1.94 bits per heavy atom. The number of para-hydroxylation sites is 1. The van der Waals surface area contributed by atoms with E-state index in [1.54, 1.807) is 0 Å². The van der Waals surface area contributed by atoms with Crippen LogP contribution in [0.5, 0.6) is 0 Å². The molecule has 84 valence electrons. The fourth-order valence-corrected chi connectivity index (χ4v) is 1.53. The van der Waals surface area contributed by atoms with Gasteiger partial charge in [-0.15, -0.1) is 0 Å². The summed E-state index contributed by atoms with van der Waals surface area (Å²) in [5.41, 5.74) is 4.95. The molecule has 0 amide bonds. The van der Waals surface area contributed by atoms with Gasteiger partial charge in [0.1, 0.15) is 6.33 Å². The monoisotopic (exact) mass is 227 g/mol. The third-order valence-electron chi connectivity index (χ3n) is 2.25. The Morgan fingerprint density at radius 3 is 2.56 bits per heavy atom. The van der Waals surface area contributed by atoms with Gasteiger partial charge in [-0.1, -0.05) is 12.1 Å². The van der Waals surface area contributed by atoms with Gasteiger partial charge < -0.3 is 5.73 Å². The number of hydrogen-bond donors (Lipinski definition) is 1. The largest absolute Gasteiger partial charge is 0.418 e. The minimum atomic E-state index is -4.42. The summed E-state index contributed by atoms with van der Waals surface area (Å²) in [6.45, 7) is 0.0837. The van der Waals surface area contributed by atoms with Gasteiger partial charge >= 0.3 is 6.18 Å². The smallest absolute Gasteiger partial charge is 0.325 e. The molecule has 0 atom stereocenters. The van der Waals surface area contributed by atoms with E-state index in [-0.39, 0.29) is 12.1 Å². The quantitative estimate of drug-likeness (QED) is 0.811. The Balaban J connectivity index is 2.79. The van der Waals surface area contributed by atoms with Crippen LogP contribution in [-0.2, 0) is 12.7 Å². The number of rotatable bonds is 1. The zero-order valence-electron chi connectivity index (χ0n) is 8.12. The predicted octanol–water partition coefficient (Wildman–Crippen LogP) is 2.11. The van der Waals surface area contributed by atoms with E-state index >= 15 is 0 Å². The Labute approximate surface area is 89.1 Å². The van der Waals surface area contributed by atoms with Gasteiger partial charge in [0.15, 0.2) is 0 Å². The molecule has 2 N–H and O–H groups in total. The van der Waals surface area contributed by atoms with Crippen LogP contribution in [0.25, 0.3) is 10.9 Å². The highest BCUT2D eigenvalue weighted by Gasteiger charge is 2.33. The number of nitrogens with zero attached hydrogens (tertiary/aromatic N) is 2. The van der Waals surface area contributed by atoms with Crippen molar-refractivity contribution in [1.29, 1.82) is 0 Å². The first-order chi connectivity index (χ1) is 7.54. The maximum Gasteiger partial charge on any atom is 0.418 e. The number of fused-ring (bicyclic) bond motifs is 1. The molecular formula is C10H8F3N3. The third-order valence-corrected chi connectivity index (χ3v) is 2.25. The van der Waals surface area contributed by atoms with E-state index in [1.807, 2.05) is 0 Å². The first-order valence-corrected chi connectivity index (χ1v) is 4.54. The van der Waals surface area contributed by atoms with Crippen molar-refractivity contribution in [2.45, 2.75) is 12.7 Å². The van der Waals surface area contributed by atoms with E-state index in [9.17, 15) is 13.2 Å². The summed E-state index contributed by atoms with van der Waals surface area (Å²) in [7, 11) is 0. The number of nitrogens with two attached hydrogens (primary N) is 1. The topological polar surface area (TPSA) is 51.8 Å². The van der Waals surface area contributed by atoms with Crippen LogP contribution in [0.4, 0.5) is 13.2 Å². The van der Waals surface area contributed by atoms with Crippen LogP contribution in [0, 0.1) is 0 Å². The number of aromatic nitrogens is 2. The summed E-state index contributed by atoms with van der Waals surface area (Å²) in [4.78, 5) is 7.51. The average Bonchev–Trinajstić information content (AvgIpc) is 2.26. The molecule has 0 aliphatic carbocycles. The molecule has 0 radical (unpaired) electrons. The van der Waals surface area contributed by atoms with Crippen molar-refractivity contribution in [2.24, 2.45) is 5.73 Å². The van der Waals surface area contributed by atoms with Crippen LogP contribution in [0.3, 0.4) is 0 Å². The number of alkyl halides is 3. The van der Waals surface area contributed by atoms with Gasteiger partial charge in [-0.2, -0.15) is 13.2 Å². The Bertz CT molecular complexity index is 522. The molecule has 0 aliphatic heterocycles. The second kappa shape index (κ2) is 3.71. The van der Waals surface area contributed by atoms with E-state index in [2.05, 4.69) is 9.97 Å². The molecule has 0 spiro atoms. The number of halogens is 3. The molecular weight excluding hydrogens is 219 g/mol. The highest BCUT2D eigenvalue weighted by atomic mass is 19.4. The van der Waals surface area contributed by atoms with Crippen molar-refractivity contribution in [3.63, 3.8) is 0 Å². The lowest BCUT2D eigenvalue weighted by Gasteiger charge is -2.10. The lowest BCUT2D eigenvalue weighted by molar-refractivity contribution is -0.136. The standard InChI is InChI=1S/C10H8F3N3/c11-10(12,13)7-3-1-2-6-8(4-14)15-5-16-9(6)7/h1-3,5H,4,14H2. The number of hydrogen-bond acceptors (Lipinski definition) is 3. The van der Waals surface area contributed by atoms with Crippen molar-refractivity contribution in [3.8, 4) is 0 Å². The molecule has 2 aromatic rings. The summed E-state index contributed by atoms with van der Waals surface area (Å²) < 4.78 is 38.0. The molecule has 0 unspecified atom stereocenters. The summed E-state index contributed by atoms with van der Waals surface area (Å²) in [6.07, 6.45) is -3.32. The Kier molecular flexibility index (Phi) is 2.51. The lowest BCUT2D eigenvalue weighted by Crippen LogP contribution is -2.08. The molecule has 2 rings (SSSR count). The number of benzene rings is 1. The second-order valence-electron chi connectivity index (χ2n) is 3.22. The van der Waals surface area contributed by atoms with E-state index in [0.717, 1.165) is 12.4 Å². The summed E-state index contributed by atoms with van der Waals surface area (Å²) in [5, 5.41) is 0.347. The lowest BCUT2D eigenvalue weighted by atomic mass is 10.1. The molecule has 3 nitrogen and oxygen atoms in total. The van der Waals surface area contributed by atoms with Crippen LogP contribution < -0.4 is 5.73 Å². The first kappa shape index (κ1) is 10.8. The first-order valence-electron chi connectivity index (χ1n) is 4.54. The highest BCUT2D eigenvalue weighted by Crippen LogP contribution is 2.33. The van der Waals surface area contributed by atoms with E-state index in [4.69, 9.17) is 5.73 Å². The zero-order chi connectivity index (χ0) is 11.8. The molecule has 6 heteroatoms. The van der Waals surface area contributed by atoms with Gasteiger partial charge in [-0.25, -0.2) is 9.97 Å². The molecule has 1 heterocycles. The maximum atomic E-state index is 12.7. The molecule has 0 fully saturated rings. The Hall–Kier alpha value is -1.69. The highest BCUT2D eigenvalue weighted by molar-refractivity contribution is 5.84. The summed E-state index contributed by atoms with van der Waals surface area (Å²) >= 11 is 0. The molecule has 1 aromatic carbocycles. The van der Waals surface area contributed by atoms with E-state index < -0.39 is 11.7 Å². The molecule has 0 saturated heterocycles. The third kappa shape index (κ3) is 1.71. The molecule has 0 saturated carbocycles. The van der Waals surface area contributed by atoms with Gasteiger partial charge in [0, 0.05) is 11.9 Å². The second-order valence-corrected chi connectivity index (χ2v) is 3.22. The average molecular weight is 227 g/mol. The van der Waals surface area contributed by atoms with Crippen LogP contribution in [0.15, 0.2) is 24.5 Å². The minimum absolute atomic E-state index is 0.0837. The van der Waals surface area contributed by atoms with Crippen LogP contribution in [0.1, 0.15) is 11.3 Å². The van der Waals surface area contributed by atoms with Gasteiger partial charge in [0.25, 0.3) is 0 Å². The van der Waals surface area contributed by atoms with Gasteiger partial charge in [-0.05, 0) is 6.07 Å². The van der Waals surface area contributed by atoms with Crippen LogP contribution >= 0.6 is 0 Å². The van der Waals surface area contributed by atoms with E-state index in [1.165, 1.54) is 12.1 Å². The summed E-state index contributed by atoms with van der Waals surface area (Å²) in [6, 6.07) is 3.86. The predicted molar refractivity (Wildman–Crippen MR) is 52.4 cm³/mol. The summed E-state index contributed by atoms with van der Waals surface area (Å²) in [5.74, 6) is 0. The molecule has 1 aromatic heterocycles. The van der Waals surface area contributed by atoms with Gasteiger partial charge in [0.05, 0.1) is 16.8 Å². The molecule has 16 heavy (non-hydrogen) atoms. The van der Waals surface area contributed by atoms with Gasteiger partial charge in [-0.3, -0.25) is 0 Å². The SMILES string of the molecule is NCc1ncnc2c(C(F)(F)F)cccc12. The maximum absolute atomic E-state index is 12.7. The Morgan fingerprint density at radius 1 is 1.19 bits per heavy atom.